The fraction of sp³-hybridized carbons (Fsp3) is 0.364. The summed E-state index contributed by atoms with van der Waals surface area (Å²) in [4.78, 5) is 39.9. The van der Waals surface area contributed by atoms with E-state index in [0.29, 0.717) is 25.3 Å². The van der Waals surface area contributed by atoms with Crippen LogP contribution in [-0.2, 0) is 0 Å². The maximum Gasteiger partial charge on any atom is 0.286 e. The molecule has 1 aliphatic rings. The smallest absolute Gasteiger partial charge is 0.286 e. The Hall–Kier alpha value is -3.62. The van der Waals surface area contributed by atoms with Crippen molar-refractivity contribution in [3.05, 3.63) is 63.2 Å². The summed E-state index contributed by atoms with van der Waals surface area (Å²) in [6.07, 6.45) is 0. The van der Waals surface area contributed by atoms with Crippen LogP contribution in [0.15, 0.2) is 36.4 Å². The Morgan fingerprint density at radius 3 is 2.10 bits per heavy atom. The first-order chi connectivity index (χ1) is 14.8. The van der Waals surface area contributed by atoms with Gasteiger partial charge in [0.15, 0.2) is 11.5 Å². The Bertz CT molecular complexity index is 981. The molecule has 2 amide bonds. The Kier molecular flexibility index (Phi) is 6.74. The summed E-state index contributed by atoms with van der Waals surface area (Å²) in [6, 6.07) is 9.88. The zero-order valence-corrected chi connectivity index (χ0v) is 17.8. The lowest BCUT2D eigenvalue weighted by molar-refractivity contribution is -0.385. The van der Waals surface area contributed by atoms with E-state index < -0.39 is 10.8 Å². The lowest BCUT2D eigenvalue weighted by Crippen LogP contribution is -2.50. The van der Waals surface area contributed by atoms with Gasteiger partial charge in [-0.1, -0.05) is 17.7 Å². The molecule has 164 valence electrons. The van der Waals surface area contributed by atoms with Crippen LogP contribution in [0.5, 0.6) is 11.5 Å². The van der Waals surface area contributed by atoms with E-state index in [1.807, 2.05) is 19.1 Å². The van der Waals surface area contributed by atoms with E-state index in [1.54, 1.807) is 24.0 Å². The molecular weight excluding hydrogens is 402 g/mol. The Labute approximate surface area is 180 Å². The number of nitro benzene ring substituents is 1. The van der Waals surface area contributed by atoms with Crippen molar-refractivity contribution in [1.29, 1.82) is 0 Å². The molecule has 2 aromatic carbocycles. The van der Waals surface area contributed by atoms with Gasteiger partial charge in [0, 0.05) is 37.8 Å². The SMILES string of the molecule is CCOc1cc([N+](=O)[O-])c(C(=O)N2CCN(C(=O)c3ccc(C)cc3)CC2)cc1OC. The standard InChI is InChI=1S/C22H25N3O6/c1-4-31-20-14-18(25(28)29)17(13-19(20)30-3)22(27)24-11-9-23(10-12-24)21(26)16-7-5-15(2)6-8-16/h5-8,13-14H,4,9-12H2,1-3H3. The predicted octanol–water partition coefficient (Wildman–Crippen LogP) is 2.91. The van der Waals surface area contributed by atoms with Crippen LogP contribution in [0.4, 0.5) is 5.69 Å². The molecule has 0 unspecified atom stereocenters. The lowest BCUT2D eigenvalue weighted by Gasteiger charge is -2.34. The first kappa shape index (κ1) is 22.1. The highest BCUT2D eigenvalue weighted by Gasteiger charge is 2.31. The van der Waals surface area contributed by atoms with Gasteiger partial charge in [0.2, 0.25) is 0 Å². The maximum atomic E-state index is 13.1. The molecule has 1 fully saturated rings. The minimum atomic E-state index is -0.605. The molecule has 31 heavy (non-hydrogen) atoms. The van der Waals surface area contributed by atoms with Crippen LogP contribution in [0, 0.1) is 17.0 Å². The number of nitro groups is 1. The topological polar surface area (TPSA) is 102 Å². The molecule has 3 rings (SSSR count). The highest BCUT2D eigenvalue weighted by Crippen LogP contribution is 2.35. The van der Waals surface area contributed by atoms with Crippen molar-refractivity contribution < 1.29 is 24.0 Å². The van der Waals surface area contributed by atoms with Crippen molar-refractivity contribution in [2.75, 3.05) is 39.9 Å². The normalized spacial score (nSPS) is 13.6. The maximum absolute atomic E-state index is 13.1. The highest BCUT2D eigenvalue weighted by atomic mass is 16.6. The number of rotatable bonds is 6. The summed E-state index contributed by atoms with van der Waals surface area (Å²) >= 11 is 0. The van der Waals surface area contributed by atoms with Gasteiger partial charge in [-0.25, -0.2) is 0 Å². The number of carbonyl (C=O) groups is 2. The summed E-state index contributed by atoms with van der Waals surface area (Å²) in [7, 11) is 1.41. The summed E-state index contributed by atoms with van der Waals surface area (Å²) in [5.74, 6) is -0.109. The average molecular weight is 427 g/mol. The molecule has 1 aliphatic heterocycles. The van der Waals surface area contributed by atoms with E-state index in [2.05, 4.69) is 0 Å². The van der Waals surface area contributed by atoms with Crippen LogP contribution in [0.25, 0.3) is 0 Å². The molecule has 0 radical (unpaired) electrons. The molecule has 1 saturated heterocycles. The predicted molar refractivity (Wildman–Crippen MR) is 114 cm³/mol. The number of hydrogen-bond acceptors (Lipinski definition) is 6. The molecule has 0 aromatic heterocycles. The summed E-state index contributed by atoms with van der Waals surface area (Å²) in [5.41, 5.74) is 1.26. The Morgan fingerprint density at radius 2 is 1.58 bits per heavy atom. The van der Waals surface area contributed by atoms with Gasteiger partial charge in [0.1, 0.15) is 5.56 Å². The first-order valence-corrected chi connectivity index (χ1v) is 10.00. The average Bonchev–Trinajstić information content (AvgIpc) is 2.78. The minimum absolute atomic E-state index is 0.0661. The van der Waals surface area contributed by atoms with Gasteiger partial charge in [0.05, 0.1) is 24.7 Å². The summed E-state index contributed by atoms with van der Waals surface area (Å²) < 4.78 is 10.6. The number of carbonyl (C=O) groups excluding carboxylic acids is 2. The largest absolute Gasteiger partial charge is 0.493 e. The number of hydrogen-bond donors (Lipinski definition) is 0. The molecular formula is C22H25N3O6. The van der Waals surface area contributed by atoms with E-state index in [0.717, 1.165) is 5.56 Å². The zero-order chi connectivity index (χ0) is 22.5. The zero-order valence-electron chi connectivity index (χ0n) is 17.8. The lowest BCUT2D eigenvalue weighted by atomic mass is 10.1. The summed E-state index contributed by atoms with van der Waals surface area (Å²) in [6.45, 7) is 5.26. The van der Waals surface area contributed by atoms with Crippen LogP contribution in [0.2, 0.25) is 0 Å². The summed E-state index contributed by atoms with van der Waals surface area (Å²) in [5, 5.41) is 11.6. The second kappa shape index (κ2) is 9.46. The fourth-order valence-corrected chi connectivity index (χ4v) is 3.46. The van der Waals surface area contributed by atoms with Crippen LogP contribution in [-0.4, -0.2) is 66.4 Å². The number of ether oxygens (including phenoxy) is 2. The van der Waals surface area contributed by atoms with E-state index >= 15 is 0 Å². The van der Waals surface area contributed by atoms with Crippen molar-refractivity contribution in [2.24, 2.45) is 0 Å². The first-order valence-electron chi connectivity index (χ1n) is 10.00. The molecule has 0 N–H and O–H groups in total. The van der Waals surface area contributed by atoms with Crippen LogP contribution in [0.1, 0.15) is 33.2 Å². The number of amides is 2. The van der Waals surface area contributed by atoms with Crippen LogP contribution < -0.4 is 9.47 Å². The number of nitrogens with zero attached hydrogens (tertiary/aromatic N) is 3. The van der Waals surface area contributed by atoms with Gasteiger partial charge in [0.25, 0.3) is 17.5 Å². The van der Waals surface area contributed by atoms with Crippen LogP contribution in [0.3, 0.4) is 0 Å². The van der Waals surface area contributed by atoms with E-state index in [1.165, 1.54) is 24.1 Å². The molecule has 9 nitrogen and oxygen atoms in total. The Morgan fingerprint density at radius 1 is 1.00 bits per heavy atom. The fourth-order valence-electron chi connectivity index (χ4n) is 3.46. The molecule has 0 atom stereocenters. The number of piperazine rings is 1. The minimum Gasteiger partial charge on any atom is -0.493 e. The van der Waals surface area contributed by atoms with Crippen LogP contribution >= 0.6 is 0 Å². The van der Waals surface area contributed by atoms with Gasteiger partial charge in [-0.3, -0.25) is 19.7 Å². The number of benzene rings is 2. The molecule has 0 aliphatic carbocycles. The van der Waals surface area contributed by atoms with Gasteiger partial charge >= 0.3 is 0 Å². The second-order valence-electron chi connectivity index (χ2n) is 7.16. The second-order valence-corrected chi connectivity index (χ2v) is 7.16. The van der Waals surface area contributed by atoms with Crippen molar-refractivity contribution in [3.63, 3.8) is 0 Å². The molecule has 9 heteroatoms. The Balaban J connectivity index is 1.76. The third-order valence-electron chi connectivity index (χ3n) is 5.16. The third-order valence-corrected chi connectivity index (χ3v) is 5.16. The van der Waals surface area contributed by atoms with Gasteiger partial charge in [-0.2, -0.15) is 0 Å². The number of methoxy groups -OCH3 is 1. The van der Waals surface area contributed by atoms with E-state index in [-0.39, 0.29) is 41.7 Å². The highest BCUT2D eigenvalue weighted by molar-refractivity contribution is 5.99. The quantitative estimate of drug-likeness (QED) is 0.519. The number of aryl methyl sites for hydroxylation is 1. The monoisotopic (exact) mass is 427 g/mol. The van der Waals surface area contributed by atoms with E-state index in [9.17, 15) is 19.7 Å². The van der Waals surface area contributed by atoms with Crippen molar-refractivity contribution in [1.82, 2.24) is 9.80 Å². The van der Waals surface area contributed by atoms with E-state index in [4.69, 9.17) is 9.47 Å². The van der Waals surface area contributed by atoms with Gasteiger partial charge < -0.3 is 19.3 Å². The van der Waals surface area contributed by atoms with Crippen molar-refractivity contribution >= 4 is 17.5 Å². The third kappa shape index (κ3) is 4.76. The molecule has 1 heterocycles. The molecule has 2 aromatic rings. The van der Waals surface area contributed by atoms with Crippen molar-refractivity contribution in [3.8, 4) is 11.5 Å². The van der Waals surface area contributed by atoms with Gasteiger partial charge in [-0.05, 0) is 26.0 Å². The molecule has 0 saturated carbocycles. The van der Waals surface area contributed by atoms with Crippen molar-refractivity contribution in [2.45, 2.75) is 13.8 Å². The molecule has 0 spiro atoms. The van der Waals surface area contributed by atoms with Gasteiger partial charge in [-0.15, -0.1) is 0 Å². The molecule has 0 bridgehead atoms.